The lowest BCUT2D eigenvalue weighted by Crippen LogP contribution is -2.52. The zero-order chi connectivity index (χ0) is 25.6. The second kappa shape index (κ2) is 9.72. The van der Waals surface area contributed by atoms with Crippen LogP contribution in [-0.2, 0) is 14.6 Å². The van der Waals surface area contributed by atoms with Crippen LogP contribution in [0.2, 0.25) is 0 Å². The first kappa shape index (κ1) is 25.1. The number of hydrogen-bond donors (Lipinski definition) is 1. The summed E-state index contributed by atoms with van der Waals surface area (Å²) in [7, 11) is -1.24. The highest BCUT2D eigenvalue weighted by Crippen LogP contribution is 2.43. The lowest BCUT2D eigenvalue weighted by molar-refractivity contribution is -0.134. The van der Waals surface area contributed by atoms with E-state index >= 15 is 0 Å². The van der Waals surface area contributed by atoms with Gasteiger partial charge in [0.15, 0.2) is 9.84 Å². The van der Waals surface area contributed by atoms with Gasteiger partial charge in [0.05, 0.1) is 22.6 Å². The second-order valence-electron chi connectivity index (χ2n) is 10.5. The van der Waals surface area contributed by atoms with Gasteiger partial charge in [0.2, 0.25) is 5.91 Å². The van der Waals surface area contributed by atoms with Gasteiger partial charge >= 0.3 is 0 Å². The van der Waals surface area contributed by atoms with Crippen LogP contribution in [0.5, 0.6) is 0 Å². The number of likely N-dealkylation sites (N-methyl/N-ethyl adjacent to an activating group) is 1. The molecule has 3 heterocycles. The molecule has 1 amide bonds. The predicted octanol–water partition coefficient (Wildman–Crippen LogP) is 1.95. The Hall–Kier alpha value is -2.56. The normalized spacial score (nSPS) is 25.7. The highest BCUT2D eigenvalue weighted by molar-refractivity contribution is 7.90. The van der Waals surface area contributed by atoms with Crippen LogP contribution in [0.3, 0.4) is 0 Å². The molecule has 1 N–H and O–H groups in total. The minimum absolute atomic E-state index is 0.0899. The van der Waals surface area contributed by atoms with Gasteiger partial charge in [0.1, 0.15) is 12.1 Å². The first-order valence-electron chi connectivity index (χ1n) is 12.7. The Labute approximate surface area is 213 Å². The lowest BCUT2D eigenvalue weighted by Gasteiger charge is -2.39. The van der Waals surface area contributed by atoms with Crippen molar-refractivity contribution >= 4 is 21.6 Å². The Morgan fingerprint density at radius 1 is 1.08 bits per heavy atom. The molecule has 0 bridgehead atoms. The molecule has 10 heteroatoms. The molecule has 2 aliphatic heterocycles. The van der Waals surface area contributed by atoms with E-state index in [9.17, 15) is 18.3 Å². The summed E-state index contributed by atoms with van der Waals surface area (Å²) >= 11 is 0. The maximum Gasteiger partial charge on any atom is 0.231 e. The fourth-order valence-corrected chi connectivity index (χ4v) is 6.73. The van der Waals surface area contributed by atoms with Gasteiger partial charge in [-0.1, -0.05) is 19.1 Å². The number of aromatic nitrogens is 2. The van der Waals surface area contributed by atoms with Crippen molar-refractivity contribution in [3.05, 3.63) is 47.4 Å². The molecular formula is C26H35N5O4S. The summed E-state index contributed by atoms with van der Waals surface area (Å²) in [4.78, 5) is 29.5. The fraction of sp³-hybridized carbons (Fsp3) is 0.577. The average Bonchev–Trinajstić information content (AvgIpc) is 3.41. The van der Waals surface area contributed by atoms with Crippen LogP contribution in [0.25, 0.3) is 0 Å². The van der Waals surface area contributed by atoms with Crippen molar-refractivity contribution in [2.45, 2.75) is 55.1 Å². The van der Waals surface area contributed by atoms with Crippen LogP contribution in [0.4, 0.5) is 5.82 Å². The van der Waals surface area contributed by atoms with Crippen LogP contribution in [-0.4, -0.2) is 91.3 Å². The number of amides is 1. The molecule has 2 aromatic rings. The minimum Gasteiger partial charge on any atom is -0.387 e. The summed E-state index contributed by atoms with van der Waals surface area (Å²) in [5, 5.41) is 10.3. The van der Waals surface area contributed by atoms with E-state index in [-0.39, 0.29) is 28.7 Å². The quantitative estimate of drug-likeness (QED) is 0.647. The topological polar surface area (TPSA) is 107 Å². The number of sulfone groups is 1. The third kappa shape index (κ3) is 4.62. The average molecular weight is 514 g/mol. The van der Waals surface area contributed by atoms with E-state index in [2.05, 4.69) is 33.7 Å². The predicted molar refractivity (Wildman–Crippen MR) is 137 cm³/mol. The van der Waals surface area contributed by atoms with Crippen LogP contribution >= 0.6 is 0 Å². The fourth-order valence-electron chi connectivity index (χ4n) is 6.10. The maximum atomic E-state index is 13.9. The van der Waals surface area contributed by atoms with Gasteiger partial charge in [-0.2, -0.15) is 0 Å². The monoisotopic (exact) mass is 513 g/mol. The molecule has 4 atom stereocenters. The molecule has 3 aliphatic rings. The van der Waals surface area contributed by atoms with Crippen molar-refractivity contribution in [3.8, 4) is 0 Å². The van der Waals surface area contributed by atoms with Gasteiger partial charge in [-0.15, -0.1) is 0 Å². The van der Waals surface area contributed by atoms with E-state index in [4.69, 9.17) is 0 Å². The largest absolute Gasteiger partial charge is 0.387 e. The number of nitrogens with zero attached hydrogens (tertiary/aromatic N) is 5. The number of anilines is 1. The van der Waals surface area contributed by atoms with Gasteiger partial charge in [-0.3, -0.25) is 4.79 Å². The molecule has 5 rings (SSSR count). The van der Waals surface area contributed by atoms with Crippen LogP contribution in [0.1, 0.15) is 60.9 Å². The summed E-state index contributed by atoms with van der Waals surface area (Å²) in [5.74, 6) is 0.830. The molecule has 2 saturated heterocycles. The summed E-state index contributed by atoms with van der Waals surface area (Å²) in [6, 6.07) is 6.93. The minimum atomic E-state index is -3.30. The lowest BCUT2D eigenvalue weighted by atomic mass is 9.88. The zero-order valence-electron chi connectivity index (χ0n) is 21.2. The van der Waals surface area contributed by atoms with E-state index in [1.165, 1.54) is 12.6 Å². The summed E-state index contributed by atoms with van der Waals surface area (Å²) in [6.45, 7) is 5.55. The highest BCUT2D eigenvalue weighted by Gasteiger charge is 2.39. The Morgan fingerprint density at radius 2 is 1.78 bits per heavy atom. The third-order valence-electron chi connectivity index (χ3n) is 8.06. The molecule has 1 aromatic heterocycles. The second-order valence-corrected chi connectivity index (χ2v) is 12.5. The molecule has 0 radical (unpaired) electrons. The molecule has 2 fully saturated rings. The number of carbonyl (C=O) groups is 1. The van der Waals surface area contributed by atoms with Gasteiger partial charge < -0.3 is 19.8 Å². The molecule has 1 aromatic carbocycles. The molecule has 9 nitrogen and oxygen atoms in total. The van der Waals surface area contributed by atoms with Crippen molar-refractivity contribution in [1.29, 1.82) is 0 Å². The molecule has 2 unspecified atom stereocenters. The third-order valence-corrected chi connectivity index (χ3v) is 9.19. The van der Waals surface area contributed by atoms with Gasteiger partial charge in [0, 0.05) is 44.0 Å². The molecule has 36 heavy (non-hydrogen) atoms. The van der Waals surface area contributed by atoms with E-state index in [0.717, 1.165) is 42.0 Å². The number of piperazine rings is 1. The smallest absolute Gasteiger partial charge is 0.231 e. The summed E-state index contributed by atoms with van der Waals surface area (Å²) in [6.07, 6.45) is 4.83. The first-order valence-corrected chi connectivity index (χ1v) is 14.6. The van der Waals surface area contributed by atoms with E-state index in [0.29, 0.717) is 32.6 Å². The van der Waals surface area contributed by atoms with Crippen molar-refractivity contribution in [1.82, 2.24) is 19.8 Å². The van der Waals surface area contributed by atoms with Crippen LogP contribution in [0.15, 0.2) is 35.5 Å². The maximum absolute atomic E-state index is 13.9. The zero-order valence-corrected chi connectivity index (χ0v) is 22.0. The van der Waals surface area contributed by atoms with E-state index in [1.807, 2.05) is 4.90 Å². The first-order chi connectivity index (χ1) is 17.1. The van der Waals surface area contributed by atoms with Crippen molar-refractivity contribution in [3.63, 3.8) is 0 Å². The number of fused-ring (bicyclic) bond motifs is 1. The van der Waals surface area contributed by atoms with Gasteiger partial charge in [-0.05, 0) is 56.5 Å². The molecule has 194 valence electrons. The van der Waals surface area contributed by atoms with Crippen molar-refractivity contribution < 1.29 is 18.3 Å². The number of benzene rings is 1. The molecule has 0 spiro atoms. The molecule has 0 saturated carbocycles. The number of rotatable bonds is 5. The highest BCUT2D eigenvalue weighted by atomic mass is 32.2. The summed E-state index contributed by atoms with van der Waals surface area (Å²) in [5.41, 5.74) is 2.62. The number of aliphatic hydroxyl groups excluding tert-OH is 1. The molecule has 1 aliphatic carbocycles. The van der Waals surface area contributed by atoms with Crippen LogP contribution < -0.4 is 4.90 Å². The standard InChI is InChI=1S/C26H35N5O4S/c1-17-15-21(32)24-22(17)25(28-16-27-24)30-11-13-31(14-12-30)26(33)23(20-5-4-10-29(20)2)18-6-8-19(9-7-18)36(3,34)35/h6-9,16-17,20-21,23,32H,4-5,10-15H2,1-3H3/t17-,20?,21-,23?/m1/s1. The Balaban J connectivity index is 1.35. The SMILES string of the molecule is C[C@@H]1C[C@@H](O)c2ncnc(N3CCN(C(=O)C(c4ccc(S(C)(=O)=O)cc4)C4CCCN4C)CC3)c21. The van der Waals surface area contributed by atoms with E-state index in [1.54, 1.807) is 24.3 Å². The van der Waals surface area contributed by atoms with E-state index < -0.39 is 15.9 Å². The Kier molecular flexibility index (Phi) is 6.78. The Bertz CT molecular complexity index is 1230. The number of carbonyl (C=O) groups excluding carboxylic acids is 1. The van der Waals surface area contributed by atoms with Gasteiger partial charge in [0.25, 0.3) is 0 Å². The van der Waals surface area contributed by atoms with Crippen molar-refractivity contribution in [2.75, 3.05) is 50.9 Å². The van der Waals surface area contributed by atoms with Crippen LogP contribution in [0, 0.1) is 0 Å². The summed E-state index contributed by atoms with van der Waals surface area (Å²) < 4.78 is 23.9. The molecular weight excluding hydrogens is 478 g/mol. The van der Waals surface area contributed by atoms with Gasteiger partial charge in [-0.25, -0.2) is 18.4 Å². The number of likely N-dealkylation sites (tertiary alicyclic amines) is 1. The van der Waals surface area contributed by atoms with Crippen molar-refractivity contribution in [2.24, 2.45) is 0 Å². The Morgan fingerprint density at radius 3 is 2.39 bits per heavy atom. The number of aliphatic hydroxyl groups is 1. The number of hydrogen-bond acceptors (Lipinski definition) is 8.